The van der Waals surface area contributed by atoms with E-state index in [-0.39, 0.29) is 6.61 Å². The van der Waals surface area contributed by atoms with Crippen LogP contribution in [0, 0.1) is 0 Å². The minimum atomic E-state index is -4.30. The summed E-state index contributed by atoms with van der Waals surface area (Å²) in [6.07, 6.45) is -2.85. The Hall–Kier alpha value is -1.01. The number of furan rings is 1. The van der Waals surface area contributed by atoms with Gasteiger partial charge in [0.05, 0.1) is 6.26 Å². The van der Waals surface area contributed by atoms with Crippen molar-refractivity contribution in [1.29, 1.82) is 0 Å². The molecule has 0 radical (unpaired) electrons. The second-order valence-corrected chi connectivity index (χ2v) is 4.01. The predicted molar refractivity (Wildman–Crippen MR) is 56.4 cm³/mol. The minimum absolute atomic E-state index is 0.165. The first-order valence-corrected chi connectivity index (χ1v) is 5.31. The molecular weight excluding hydrogens is 235 g/mol. The summed E-state index contributed by atoms with van der Waals surface area (Å²) in [7, 11) is 0. The molecule has 0 atom stereocenters. The van der Waals surface area contributed by atoms with Crippen molar-refractivity contribution < 1.29 is 22.3 Å². The Balaban J connectivity index is 2.40. The monoisotopic (exact) mass is 251 g/mol. The molecule has 1 heterocycles. The van der Waals surface area contributed by atoms with E-state index in [1.807, 2.05) is 13.8 Å². The van der Waals surface area contributed by atoms with E-state index in [1.54, 1.807) is 6.07 Å². The molecule has 3 nitrogen and oxygen atoms in total. The molecule has 0 fully saturated rings. The topological polar surface area (TPSA) is 34.4 Å². The summed E-state index contributed by atoms with van der Waals surface area (Å²) in [5, 5.41) is 3.16. The largest absolute Gasteiger partial charge is 0.467 e. The summed E-state index contributed by atoms with van der Waals surface area (Å²) in [5.41, 5.74) is 0.820. The van der Waals surface area contributed by atoms with Crippen molar-refractivity contribution in [3.63, 3.8) is 0 Å². The van der Waals surface area contributed by atoms with E-state index in [1.165, 1.54) is 6.26 Å². The van der Waals surface area contributed by atoms with E-state index in [9.17, 15) is 13.2 Å². The smallest absolute Gasteiger partial charge is 0.411 e. The van der Waals surface area contributed by atoms with Crippen LogP contribution < -0.4 is 5.32 Å². The van der Waals surface area contributed by atoms with Gasteiger partial charge in [-0.05, 0) is 6.07 Å². The molecule has 0 unspecified atom stereocenters. The standard InChI is InChI=1S/C11H16F3NO2/c1-8(2)15-5-9-3-4-17-10(9)6-16-7-11(12,13)14/h3-4,8,15H,5-7H2,1-2H3. The lowest BCUT2D eigenvalue weighted by Gasteiger charge is -2.09. The van der Waals surface area contributed by atoms with Gasteiger partial charge in [0.25, 0.3) is 0 Å². The number of hydrogen-bond acceptors (Lipinski definition) is 3. The highest BCUT2D eigenvalue weighted by atomic mass is 19.4. The van der Waals surface area contributed by atoms with E-state index in [0.29, 0.717) is 18.3 Å². The van der Waals surface area contributed by atoms with Gasteiger partial charge in [0, 0.05) is 18.2 Å². The van der Waals surface area contributed by atoms with Crippen molar-refractivity contribution in [2.45, 2.75) is 39.2 Å². The van der Waals surface area contributed by atoms with E-state index >= 15 is 0 Å². The number of rotatable bonds is 6. The van der Waals surface area contributed by atoms with Crippen molar-refractivity contribution in [3.05, 3.63) is 23.7 Å². The lowest BCUT2D eigenvalue weighted by molar-refractivity contribution is -0.177. The van der Waals surface area contributed by atoms with Gasteiger partial charge in [0.1, 0.15) is 19.0 Å². The molecule has 0 aliphatic heterocycles. The number of halogens is 3. The summed E-state index contributed by atoms with van der Waals surface area (Å²) in [4.78, 5) is 0. The number of ether oxygens (including phenoxy) is 1. The van der Waals surface area contributed by atoms with E-state index < -0.39 is 12.8 Å². The third-order valence-electron chi connectivity index (χ3n) is 2.04. The summed E-state index contributed by atoms with van der Waals surface area (Å²) < 4.78 is 45.2. The van der Waals surface area contributed by atoms with E-state index in [0.717, 1.165) is 5.56 Å². The Kier molecular flexibility index (Phi) is 5.02. The van der Waals surface area contributed by atoms with Gasteiger partial charge in [0.2, 0.25) is 0 Å². The molecule has 0 aliphatic rings. The highest BCUT2D eigenvalue weighted by Crippen LogP contribution is 2.17. The highest BCUT2D eigenvalue weighted by molar-refractivity contribution is 5.16. The molecule has 0 saturated heterocycles. The van der Waals surface area contributed by atoms with Crippen LogP contribution in [-0.2, 0) is 17.9 Å². The zero-order valence-electron chi connectivity index (χ0n) is 9.80. The molecule has 1 aromatic heterocycles. The van der Waals surface area contributed by atoms with Crippen LogP contribution in [0.2, 0.25) is 0 Å². The quantitative estimate of drug-likeness (QED) is 0.844. The zero-order chi connectivity index (χ0) is 12.9. The lowest BCUT2D eigenvalue weighted by Crippen LogP contribution is -2.22. The fraction of sp³-hybridized carbons (Fsp3) is 0.636. The summed E-state index contributed by atoms with van der Waals surface area (Å²) >= 11 is 0. The SMILES string of the molecule is CC(C)NCc1ccoc1COCC(F)(F)F. The normalized spacial score (nSPS) is 12.4. The fourth-order valence-corrected chi connectivity index (χ4v) is 1.22. The first kappa shape index (κ1) is 14.1. The molecule has 6 heteroatoms. The van der Waals surface area contributed by atoms with Gasteiger partial charge >= 0.3 is 6.18 Å². The van der Waals surface area contributed by atoms with Gasteiger partial charge in [-0.3, -0.25) is 0 Å². The molecule has 1 rings (SSSR count). The molecule has 0 aliphatic carbocycles. The average molecular weight is 251 g/mol. The van der Waals surface area contributed by atoms with Crippen molar-refractivity contribution in [2.75, 3.05) is 6.61 Å². The first-order valence-electron chi connectivity index (χ1n) is 5.31. The molecule has 0 bridgehead atoms. The Morgan fingerprint density at radius 3 is 2.71 bits per heavy atom. The van der Waals surface area contributed by atoms with Crippen molar-refractivity contribution >= 4 is 0 Å². The van der Waals surface area contributed by atoms with Gasteiger partial charge in [-0.15, -0.1) is 0 Å². The average Bonchev–Trinajstić information content (AvgIpc) is 2.60. The molecule has 98 valence electrons. The van der Waals surface area contributed by atoms with Crippen LogP contribution in [0.15, 0.2) is 16.7 Å². The number of alkyl halides is 3. The maximum absolute atomic E-state index is 11.9. The van der Waals surface area contributed by atoms with Crippen LogP contribution in [0.3, 0.4) is 0 Å². The summed E-state index contributed by atoms with van der Waals surface area (Å²) in [5.74, 6) is 0.433. The van der Waals surface area contributed by atoms with Crippen LogP contribution in [-0.4, -0.2) is 18.8 Å². The maximum Gasteiger partial charge on any atom is 0.411 e. The molecule has 17 heavy (non-hydrogen) atoms. The van der Waals surface area contributed by atoms with E-state index in [2.05, 4.69) is 10.1 Å². The molecule has 0 saturated carbocycles. The summed E-state index contributed by atoms with van der Waals surface area (Å²) in [6.45, 7) is 3.10. The lowest BCUT2D eigenvalue weighted by atomic mass is 10.2. The predicted octanol–water partition coefficient (Wildman–Crippen LogP) is 2.86. The van der Waals surface area contributed by atoms with Crippen molar-refractivity contribution in [2.24, 2.45) is 0 Å². The van der Waals surface area contributed by atoms with Crippen LogP contribution in [0.25, 0.3) is 0 Å². The Morgan fingerprint density at radius 2 is 2.12 bits per heavy atom. The van der Waals surface area contributed by atoms with Gasteiger partial charge in [-0.25, -0.2) is 0 Å². The number of hydrogen-bond donors (Lipinski definition) is 1. The molecule has 1 aromatic rings. The fourth-order valence-electron chi connectivity index (χ4n) is 1.22. The molecule has 0 spiro atoms. The Labute approximate surface area is 97.9 Å². The molecular formula is C11H16F3NO2. The van der Waals surface area contributed by atoms with Gasteiger partial charge in [-0.2, -0.15) is 13.2 Å². The van der Waals surface area contributed by atoms with Crippen LogP contribution >= 0.6 is 0 Å². The van der Waals surface area contributed by atoms with Crippen LogP contribution in [0.4, 0.5) is 13.2 Å². The third kappa shape index (κ3) is 5.74. The van der Waals surface area contributed by atoms with E-state index in [4.69, 9.17) is 4.42 Å². The maximum atomic E-state index is 11.9. The van der Waals surface area contributed by atoms with Crippen molar-refractivity contribution in [3.8, 4) is 0 Å². The Morgan fingerprint density at radius 1 is 1.41 bits per heavy atom. The molecule has 0 amide bonds. The van der Waals surface area contributed by atoms with Crippen LogP contribution in [0.5, 0.6) is 0 Å². The Bertz CT molecular complexity index is 334. The van der Waals surface area contributed by atoms with Gasteiger partial charge in [0.15, 0.2) is 0 Å². The molecule has 0 aromatic carbocycles. The second kappa shape index (κ2) is 6.07. The zero-order valence-corrected chi connectivity index (χ0v) is 9.80. The number of nitrogens with one attached hydrogen (secondary N) is 1. The summed E-state index contributed by atoms with van der Waals surface area (Å²) in [6, 6.07) is 2.02. The highest BCUT2D eigenvalue weighted by Gasteiger charge is 2.27. The third-order valence-corrected chi connectivity index (χ3v) is 2.04. The van der Waals surface area contributed by atoms with Gasteiger partial charge < -0.3 is 14.5 Å². The second-order valence-electron chi connectivity index (χ2n) is 4.01. The molecule has 1 N–H and O–H groups in total. The first-order chi connectivity index (χ1) is 7.88. The van der Waals surface area contributed by atoms with Crippen molar-refractivity contribution in [1.82, 2.24) is 5.32 Å². The minimum Gasteiger partial charge on any atom is -0.467 e. The van der Waals surface area contributed by atoms with Crippen LogP contribution in [0.1, 0.15) is 25.2 Å². The van der Waals surface area contributed by atoms with Gasteiger partial charge in [-0.1, -0.05) is 13.8 Å².